The molecule has 1 fully saturated rings. The fourth-order valence-electron chi connectivity index (χ4n) is 4.01. The molecule has 0 saturated heterocycles. The van der Waals surface area contributed by atoms with Gasteiger partial charge in [-0.3, -0.25) is 9.52 Å². The Morgan fingerprint density at radius 3 is 2.39 bits per heavy atom. The molecule has 5 nitrogen and oxygen atoms in total. The lowest BCUT2D eigenvalue weighted by Crippen LogP contribution is -2.26. The fraction of sp³-hybridized carbons (Fsp3) is 0.286. The van der Waals surface area contributed by atoms with Crippen molar-refractivity contribution in [1.29, 1.82) is 0 Å². The molecular formula is C21H21FN2O3S. The fourth-order valence-corrected chi connectivity index (χ4v) is 5.34. The number of sulfonamides is 1. The number of carbonyl (C=O) groups is 1. The van der Waals surface area contributed by atoms with Gasteiger partial charge in [0.25, 0.3) is 10.0 Å². The molecule has 0 heterocycles. The average Bonchev–Trinajstić information content (AvgIpc) is 3.28. The second kappa shape index (κ2) is 7.05. The highest BCUT2D eigenvalue weighted by Gasteiger charge is 2.39. The van der Waals surface area contributed by atoms with Gasteiger partial charge in [-0.2, -0.15) is 0 Å². The Labute approximate surface area is 163 Å². The van der Waals surface area contributed by atoms with Crippen molar-refractivity contribution < 1.29 is 17.6 Å². The largest absolute Gasteiger partial charge is 0.326 e. The smallest absolute Gasteiger partial charge is 0.262 e. The number of anilines is 2. The number of benzene rings is 2. The summed E-state index contributed by atoms with van der Waals surface area (Å²) in [4.78, 5) is 12.7. The number of hydrogen-bond acceptors (Lipinski definition) is 3. The first-order valence-corrected chi connectivity index (χ1v) is 10.7. The molecule has 7 heteroatoms. The van der Waals surface area contributed by atoms with E-state index < -0.39 is 15.8 Å². The first kappa shape index (κ1) is 18.7. The lowest BCUT2D eigenvalue weighted by molar-refractivity contribution is -0.120. The molecule has 0 aromatic heterocycles. The van der Waals surface area contributed by atoms with Crippen molar-refractivity contribution in [3.05, 3.63) is 66.0 Å². The summed E-state index contributed by atoms with van der Waals surface area (Å²) in [5, 5.41) is 2.87. The SMILES string of the molecule is Cc1ccc(NC(=O)[C@@H]2C[C@@H]3C=C[C@H]2C3)cc1S(=O)(=O)Nc1ccc(F)cc1. The van der Waals surface area contributed by atoms with Crippen LogP contribution in [0.15, 0.2) is 59.5 Å². The van der Waals surface area contributed by atoms with Crippen molar-refractivity contribution in [2.45, 2.75) is 24.7 Å². The number of hydrogen-bond donors (Lipinski definition) is 2. The number of nitrogens with one attached hydrogen (secondary N) is 2. The number of halogens is 1. The molecule has 2 aliphatic carbocycles. The predicted molar refractivity (Wildman–Crippen MR) is 106 cm³/mol. The number of allylic oxidation sites excluding steroid dienone is 2. The number of fused-ring (bicyclic) bond motifs is 2. The molecule has 28 heavy (non-hydrogen) atoms. The first-order chi connectivity index (χ1) is 13.3. The number of rotatable bonds is 5. The van der Waals surface area contributed by atoms with Gasteiger partial charge in [0, 0.05) is 17.3 Å². The van der Waals surface area contributed by atoms with Crippen LogP contribution in [0.1, 0.15) is 18.4 Å². The van der Waals surface area contributed by atoms with Gasteiger partial charge < -0.3 is 5.32 Å². The van der Waals surface area contributed by atoms with Gasteiger partial charge in [0.15, 0.2) is 0 Å². The Hall–Kier alpha value is -2.67. The normalized spacial score (nSPS) is 23.0. The molecule has 146 valence electrons. The highest BCUT2D eigenvalue weighted by molar-refractivity contribution is 7.92. The van der Waals surface area contributed by atoms with Gasteiger partial charge in [0.1, 0.15) is 5.82 Å². The van der Waals surface area contributed by atoms with Crippen LogP contribution in [-0.2, 0) is 14.8 Å². The van der Waals surface area contributed by atoms with Gasteiger partial charge in [-0.25, -0.2) is 12.8 Å². The van der Waals surface area contributed by atoms with E-state index in [4.69, 9.17) is 0 Å². The molecule has 1 amide bonds. The summed E-state index contributed by atoms with van der Waals surface area (Å²) in [7, 11) is -3.88. The zero-order valence-electron chi connectivity index (χ0n) is 15.4. The van der Waals surface area contributed by atoms with Crippen LogP contribution in [0.25, 0.3) is 0 Å². The molecule has 3 atom stereocenters. The summed E-state index contributed by atoms with van der Waals surface area (Å²) < 4.78 is 41.0. The quantitative estimate of drug-likeness (QED) is 0.743. The Balaban J connectivity index is 1.54. The molecule has 2 aliphatic rings. The Kier molecular flexibility index (Phi) is 4.71. The number of aryl methyl sites for hydroxylation is 1. The maximum atomic E-state index is 13.0. The van der Waals surface area contributed by atoms with Crippen LogP contribution in [0.4, 0.5) is 15.8 Å². The Bertz CT molecular complexity index is 1050. The highest BCUT2D eigenvalue weighted by atomic mass is 32.2. The second-order valence-electron chi connectivity index (χ2n) is 7.47. The minimum Gasteiger partial charge on any atom is -0.326 e. The standard InChI is InChI=1S/C21H21FN2O3S/c1-13-2-7-18(23-21(25)19-11-14-3-4-15(19)10-14)12-20(13)28(26,27)24-17-8-5-16(22)6-9-17/h2-9,12,14-15,19,24H,10-11H2,1H3,(H,23,25)/t14-,15+,19-/m1/s1. The van der Waals surface area contributed by atoms with Crippen LogP contribution in [0.5, 0.6) is 0 Å². The van der Waals surface area contributed by atoms with Crippen molar-refractivity contribution in [2.24, 2.45) is 17.8 Å². The summed E-state index contributed by atoms with van der Waals surface area (Å²) in [5.74, 6) is 0.178. The molecule has 0 unspecified atom stereocenters. The molecule has 2 aromatic rings. The molecule has 2 bridgehead atoms. The summed E-state index contributed by atoms with van der Waals surface area (Å²) in [6.45, 7) is 1.69. The maximum absolute atomic E-state index is 13.0. The lowest BCUT2D eigenvalue weighted by Gasteiger charge is -2.18. The van der Waals surface area contributed by atoms with E-state index in [1.165, 1.54) is 30.3 Å². The first-order valence-electron chi connectivity index (χ1n) is 9.20. The van der Waals surface area contributed by atoms with Crippen molar-refractivity contribution in [3.8, 4) is 0 Å². The van der Waals surface area contributed by atoms with E-state index in [-0.39, 0.29) is 28.3 Å². The van der Waals surface area contributed by atoms with Gasteiger partial charge in [-0.1, -0.05) is 18.2 Å². The Morgan fingerprint density at radius 1 is 1.04 bits per heavy atom. The monoisotopic (exact) mass is 400 g/mol. The zero-order chi connectivity index (χ0) is 19.9. The number of amides is 1. The second-order valence-corrected chi connectivity index (χ2v) is 9.12. The highest BCUT2D eigenvalue weighted by Crippen LogP contribution is 2.43. The third-order valence-electron chi connectivity index (χ3n) is 5.46. The molecule has 1 saturated carbocycles. The van der Waals surface area contributed by atoms with Gasteiger partial charge in [0.05, 0.1) is 4.90 Å². The van der Waals surface area contributed by atoms with Crippen LogP contribution in [0, 0.1) is 30.5 Å². The van der Waals surface area contributed by atoms with Crippen LogP contribution < -0.4 is 10.0 Å². The lowest BCUT2D eigenvalue weighted by atomic mass is 9.93. The van der Waals surface area contributed by atoms with E-state index in [1.54, 1.807) is 19.1 Å². The van der Waals surface area contributed by atoms with Gasteiger partial charge >= 0.3 is 0 Å². The zero-order valence-corrected chi connectivity index (χ0v) is 16.2. The van der Waals surface area contributed by atoms with E-state index in [1.807, 2.05) is 0 Å². The minimum atomic E-state index is -3.88. The predicted octanol–water partition coefficient (Wildman–Crippen LogP) is 4.09. The van der Waals surface area contributed by atoms with Gasteiger partial charge in [0.2, 0.25) is 5.91 Å². The summed E-state index contributed by atoms with van der Waals surface area (Å²) in [6, 6.07) is 9.91. The molecule has 2 aromatic carbocycles. The molecular weight excluding hydrogens is 379 g/mol. The van der Waals surface area contributed by atoms with Crippen molar-refractivity contribution >= 4 is 27.3 Å². The van der Waals surface area contributed by atoms with E-state index in [0.717, 1.165) is 12.8 Å². The molecule has 0 radical (unpaired) electrons. The summed E-state index contributed by atoms with van der Waals surface area (Å²) >= 11 is 0. The van der Waals surface area contributed by atoms with Crippen LogP contribution in [0.3, 0.4) is 0 Å². The Morgan fingerprint density at radius 2 is 1.75 bits per heavy atom. The van der Waals surface area contributed by atoms with Gasteiger partial charge in [-0.05, 0) is 73.6 Å². The molecule has 4 rings (SSSR count). The van der Waals surface area contributed by atoms with Gasteiger partial charge in [-0.15, -0.1) is 0 Å². The molecule has 0 spiro atoms. The maximum Gasteiger partial charge on any atom is 0.262 e. The topological polar surface area (TPSA) is 75.3 Å². The third kappa shape index (κ3) is 3.67. The number of carbonyl (C=O) groups excluding carboxylic acids is 1. The van der Waals surface area contributed by atoms with Crippen LogP contribution in [0.2, 0.25) is 0 Å². The summed E-state index contributed by atoms with van der Waals surface area (Å²) in [6.07, 6.45) is 6.14. The molecule has 2 N–H and O–H groups in total. The third-order valence-corrected chi connectivity index (χ3v) is 6.98. The minimum absolute atomic E-state index is 0.0614. The average molecular weight is 400 g/mol. The van der Waals surface area contributed by atoms with E-state index in [2.05, 4.69) is 22.2 Å². The van der Waals surface area contributed by atoms with Crippen LogP contribution in [-0.4, -0.2) is 14.3 Å². The molecule has 0 aliphatic heterocycles. The summed E-state index contributed by atoms with van der Waals surface area (Å²) in [5.41, 5.74) is 1.27. The van der Waals surface area contributed by atoms with E-state index in [9.17, 15) is 17.6 Å². The van der Waals surface area contributed by atoms with Crippen LogP contribution >= 0.6 is 0 Å². The van der Waals surface area contributed by atoms with Crippen molar-refractivity contribution in [2.75, 3.05) is 10.0 Å². The van der Waals surface area contributed by atoms with Crippen molar-refractivity contribution in [3.63, 3.8) is 0 Å². The van der Waals surface area contributed by atoms with E-state index >= 15 is 0 Å². The van der Waals surface area contributed by atoms with Crippen molar-refractivity contribution in [1.82, 2.24) is 0 Å². The van der Waals surface area contributed by atoms with E-state index in [0.29, 0.717) is 17.2 Å².